The van der Waals surface area contributed by atoms with Crippen LogP contribution < -0.4 is 0 Å². The summed E-state index contributed by atoms with van der Waals surface area (Å²) in [6.45, 7) is 4.42. The summed E-state index contributed by atoms with van der Waals surface area (Å²) >= 11 is 5.95. The second-order valence-corrected chi connectivity index (χ2v) is 5.77. The number of hydrogen-bond acceptors (Lipinski definition) is 3. The number of thiazole rings is 1. The zero-order chi connectivity index (χ0) is 12.3. The van der Waals surface area contributed by atoms with Gasteiger partial charge >= 0.3 is 0 Å². The van der Waals surface area contributed by atoms with Gasteiger partial charge in [0.1, 0.15) is 0 Å². The number of nitrogens with zero attached hydrogens (tertiary/aromatic N) is 1. The Morgan fingerprint density at radius 2 is 1.94 bits per heavy atom. The molecule has 0 unspecified atom stereocenters. The molecule has 0 spiro atoms. The maximum absolute atomic E-state index is 4.61. The second-order valence-electron chi connectivity index (χ2n) is 4.38. The van der Waals surface area contributed by atoms with Gasteiger partial charge in [-0.2, -0.15) is 12.6 Å². The van der Waals surface area contributed by atoms with Gasteiger partial charge in [0.15, 0.2) is 0 Å². The Balaban J connectivity index is 2.21. The number of benzene rings is 1. The van der Waals surface area contributed by atoms with E-state index < -0.39 is 0 Å². The number of aryl methyl sites for hydroxylation is 1. The van der Waals surface area contributed by atoms with Gasteiger partial charge < -0.3 is 0 Å². The molecule has 0 aliphatic rings. The number of rotatable bonds is 4. The third-order valence-electron chi connectivity index (χ3n) is 2.75. The molecule has 0 fully saturated rings. The first-order chi connectivity index (χ1) is 8.20. The van der Waals surface area contributed by atoms with E-state index in [0.717, 1.165) is 17.9 Å². The number of hydrogen-bond donors (Lipinski definition) is 1. The molecule has 2 aromatic rings. The molecular formula is C14H17NS2. The van der Waals surface area contributed by atoms with Crippen molar-refractivity contribution in [2.24, 2.45) is 0 Å². The molecular weight excluding hydrogens is 246 g/mol. The van der Waals surface area contributed by atoms with E-state index in [2.05, 4.69) is 61.1 Å². The molecule has 0 aliphatic heterocycles. The molecule has 0 saturated heterocycles. The summed E-state index contributed by atoms with van der Waals surface area (Å²) < 4.78 is 0. The lowest BCUT2D eigenvalue weighted by Gasteiger charge is -2.05. The van der Waals surface area contributed by atoms with Crippen molar-refractivity contribution >= 4 is 24.0 Å². The lowest BCUT2D eigenvalue weighted by molar-refractivity contribution is 0.867. The molecule has 3 heteroatoms. The maximum Gasteiger partial charge on any atom is 0.0940 e. The van der Waals surface area contributed by atoms with Crippen molar-refractivity contribution in [3.63, 3.8) is 0 Å². The fourth-order valence-electron chi connectivity index (χ4n) is 1.69. The van der Waals surface area contributed by atoms with Crippen LogP contribution in [-0.4, -0.2) is 10.7 Å². The maximum atomic E-state index is 4.61. The fraction of sp³-hybridized carbons (Fsp3) is 0.357. The van der Waals surface area contributed by atoms with Crippen LogP contribution in [0.15, 0.2) is 29.6 Å². The van der Waals surface area contributed by atoms with Crippen LogP contribution in [0.4, 0.5) is 0 Å². The summed E-state index contributed by atoms with van der Waals surface area (Å²) in [5.41, 5.74) is 3.66. The van der Waals surface area contributed by atoms with Gasteiger partial charge in [-0.15, -0.1) is 11.3 Å². The molecule has 17 heavy (non-hydrogen) atoms. The zero-order valence-corrected chi connectivity index (χ0v) is 11.9. The predicted molar refractivity (Wildman–Crippen MR) is 79.2 cm³/mol. The molecule has 0 atom stereocenters. The quantitative estimate of drug-likeness (QED) is 0.806. The third kappa shape index (κ3) is 3.11. The van der Waals surface area contributed by atoms with Crippen LogP contribution in [0.3, 0.4) is 0 Å². The molecule has 0 N–H and O–H groups in total. The molecule has 0 amide bonds. The van der Waals surface area contributed by atoms with E-state index in [1.807, 2.05) is 0 Å². The first kappa shape index (κ1) is 12.7. The Hall–Kier alpha value is -0.800. The Bertz CT molecular complexity index is 471. The molecule has 1 heterocycles. The van der Waals surface area contributed by atoms with E-state index in [0.29, 0.717) is 5.92 Å². The van der Waals surface area contributed by atoms with Gasteiger partial charge in [-0.05, 0) is 17.2 Å². The van der Waals surface area contributed by atoms with Crippen molar-refractivity contribution in [3.8, 4) is 11.3 Å². The Morgan fingerprint density at radius 3 is 2.53 bits per heavy atom. The average Bonchev–Trinajstić information content (AvgIpc) is 2.78. The van der Waals surface area contributed by atoms with Gasteiger partial charge in [0.25, 0.3) is 0 Å². The molecule has 0 bridgehead atoms. The summed E-state index contributed by atoms with van der Waals surface area (Å²) in [7, 11) is 0. The van der Waals surface area contributed by atoms with Gasteiger partial charge in [-0.3, -0.25) is 0 Å². The Labute approximate surface area is 112 Å². The molecule has 2 rings (SSSR count). The first-order valence-corrected chi connectivity index (χ1v) is 7.37. The van der Waals surface area contributed by atoms with Crippen molar-refractivity contribution in [3.05, 3.63) is 40.2 Å². The van der Waals surface area contributed by atoms with Crippen molar-refractivity contribution in [1.29, 1.82) is 0 Å². The molecule has 0 saturated carbocycles. The summed E-state index contributed by atoms with van der Waals surface area (Å²) in [6.07, 6.45) is 0.956. The van der Waals surface area contributed by atoms with Crippen LogP contribution in [0.1, 0.15) is 30.3 Å². The fourth-order valence-corrected chi connectivity index (χ4v) is 2.86. The van der Waals surface area contributed by atoms with Crippen molar-refractivity contribution in [2.45, 2.75) is 26.2 Å². The minimum Gasteiger partial charge on any atom is -0.241 e. The monoisotopic (exact) mass is 263 g/mol. The molecule has 0 radical (unpaired) electrons. The molecule has 1 nitrogen and oxygen atoms in total. The molecule has 90 valence electrons. The topological polar surface area (TPSA) is 12.9 Å². The van der Waals surface area contributed by atoms with Crippen molar-refractivity contribution in [1.82, 2.24) is 4.98 Å². The van der Waals surface area contributed by atoms with E-state index in [9.17, 15) is 0 Å². The van der Waals surface area contributed by atoms with E-state index >= 15 is 0 Å². The SMILES string of the molecule is CC(C)c1ccc(-c2csc(CCS)n2)cc1. The second kappa shape index (κ2) is 5.69. The highest BCUT2D eigenvalue weighted by Gasteiger charge is 2.05. The predicted octanol–water partition coefficient (Wildman–Crippen LogP) is 4.41. The molecule has 1 aromatic heterocycles. The van der Waals surface area contributed by atoms with Gasteiger partial charge in [0.2, 0.25) is 0 Å². The number of aromatic nitrogens is 1. The van der Waals surface area contributed by atoms with E-state index in [1.54, 1.807) is 11.3 Å². The first-order valence-electron chi connectivity index (χ1n) is 5.86. The third-order valence-corrected chi connectivity index (χ3v) is 3.88. The largest absolute Gasteiger partial charge is 0.241 e. The lowest BCUT2D eigenvalue weighted by Crippen LogP contribution is -1.88. The highest BCUT2D eigenvalue weighted by atomic mass is 32.1. The van der Waals surface area contributed by atoms with Crippen LogP contribution in [0.2, 0.25) is 0 Å². The Morgan fingerprint density at radius 1 is 1.24 bits per heavy atom. The standard InChI is InChI=1S/C14H17NS2/c1-10(2)11-3-5-12(6-4-11)13-9-17-14(15-13)7-8-16/h3-6,9-10,16H,7-8H2,1-2H3. The van der Waals surface area contributed by atoms with Crippen molar-refractivity contribution in [2.75, 3.05) is 5.75 Å². The number of thiol groups is 1. The van der Waals surface area contributed by atoms with E-state index in [1.165, 1.54) is 16.1 Å². The summed E-state index contributed by atoms with van der Waals surface area (Å²) in [5, 5.41) is 3.30. The molecule has 0 aliphatic carbocycles. The average molecular weight is 263 g/mol. The normalized spacial score (nSPS) is 11.1. The smallest absolute Gasteiger partial charge is 0.0940 e. The van der Waals surface area contributed by atoms with Crippen LogP contribution in [-0.2, 0) is 6.42 Å². The highest BCUT2D eigenvalue weighted by molar-refractivity contribution is 7.80. The summed E-state index contributed by atoms with van der Waals surface area (Å²) in [6, 6.07) is 8.71. The van der Waals surface area contributed by atoms with Crippen LogP contribution in [0.25, 0.3) is 11.3 Å². The summed E-state index contributed by atoms with van der Waals surface area (Å²) in [4.78, 5) is 4.61. The zero-order valence-electron chi connectivity index (χ0n) is 10.2. The van der Waals surface area contributed by atoms with Crippen LogP contribution in [0.5, 0.6) is 0 Å². The van der Waals surface area contributed by atoms with Crippen LogP contribution in [0, 0.1) is 0 Å². The highest BCUT2D eigenvalue weighted by Crippen LogP contribution is 2.24. The van der Waals surface area contributed by atoms with Gasteiger partial charge in [0, 0.05) is 17.4 Å². The van der Waals surface area contributed by atoms with Gasteiger partial charge in [0.05, 0.1) is 10.7 Å². The van der Waals surface area contributed by atoms with Gasteiger partial charge in [-0.1, -0.05) is 38.1 Å². The summed E-state index contributed by atoms with van der Waals surface area (Å²) in [5.74, 6) is 1.44. The van der Waals surface area contributed by atoms with E-state index in [4.69, 9.17) is 0 Å². The lowest BCUT2D eigenvalue weighted by atomic mass is 10.0. The van der Waals surface area contributed by atoms with Gasteiger partial charge in [-0.25, -0.2) is 4.98 Å². The van der Waals surface area contributed by atoms with Crippen LogP contribution >= 0.6 is 24.0 Å². The minimum absolute atomic E-state index is 0.583. The Kier molecular flexibility index (Phi) is 4.24. The minimum atomic E-state index is 0.583. The van der Waals surface area contributed by atoms with Crippen molar-refractivity contribution < 1.29 is 0 Å². The van der Waals surface area contributed by atoms with E-state index in [-0.39, 0.29) is 0 Å². The molecule has 1 aromatic carbocycles.